The second-order valence-electron chi connectivity index (χ2n) is 17.4. The Kier molecular flexibility index (Phi) is 18.9. The van der Waals surface area contributed by atoms with E-state index >= 15 is 0 Å². The van der Waals surface area contributed by atoms with Gasteiger partial charge in [0.25, 0.3) is 0 Å². The Labute approximate surface area is 313 Å². The molecule has 0 amide bonds. The Morgan fingerprint density at radius 2 is 1.16 bits per heavy atom. The number of benzene rings is 1. The minimum atomic E-state index is -2.36. The Balaban J connectivity index is 3.94. The van der Waals surface area contributed by atoms with E-state index in [1.165, 1.54) is 0 Å². The number of esters is 1. The van der Waals surface area contributed by atoms with Crippen LogP contribution in [0.4, 0.5) is 0 Å². The summed E-state index contributed by atoms with van der Waals surface area (Å²) in [5.74, 6) is -0.439. The summed E-state index contributed by atoms with van der Waals surface area (Å²) in [4.78, 5) is 14.1. The molecule has 0 unspecified atom stereocenters. The van der Waals surface area contributed by atoms with Crippen LogP contribution in [0.1, 0.15) is 100 Å². The molecule has 4 atom stereocenters. The maximum absolute atomic E-state index is 14.1. The minimum absolute atomic E-state index is 0.0512. The zero-order chi connectivity index (χ0) is 38.6. The summed E-state index contributed by atoms with van der Waals surface area (Å²) in [6.07, 6.45) is 2.77. The largest absolute Gasteiger partial charge is 0.453 e. The Morgan fingerprint density at radius 3 is 1.60 bits per heavy atom. The van der Waals surface area contributed by atoms with Crippen molar-refractivity contribution in [3.63, 3.8) is 0 Å². The van der Waals surface area contributed by atoms with E-state index in [4.69, 9.17) is 22.4 Å². The Hall–Kier alpha value is -0.862. The summed E-state index contributed by atoms with van der Waals surface area (Å²) < 4.78 is 35.1. The zero-order valence-corrected chi connectivity index (χ0v) is 39.5. The molecule has 10 heteroatoms. The summed E-state index contributed by atoms with van der Waals surface area (Å²) in [5.41, 5.74) is 0.526. The van der Waals surface area contributed by atoms with Gasteiger partial charge in [-0.05, 0) is 84.7 Å². The molecule has 0 saturated carbocycles. The minimum Gasteiger partial charge on any atom is -0.453 e. The van der Waals surface area contributed by atoms with E-state index in [9.17, 15) is 4.79 Å². The molecule has 0 spiro atoms. The monoisotopic (exact) mass is 766 g/mol. The average molecular weight is 767 g/mol. The van der Waals surface area contributed by atoms with Crippen molar-refractivity contribution in [2.75, 3.05) is 13.2 Å². The molecule has 1 rings (SSSR count). The molecular weight excluding hydrogens is 689 g/mol. The van der Waals surface area contributed by atoms with Crippen LogP contribution >= 0.6 is 0 Å². The van der Waals surface area contributed by atoms with Gasteiger partial charge in [0.1, 0.15) is 6.10 Å². The van der Waals surface area contributed by atoms with Crippen molar-refractivity contribution in [3.8, 4) is 0 Å². The van der Waals surface area contributed by atoms with E-state index in [1.807, 2.05) is 30.3 Å². The fourth-order valence-electron chi connectivity index (χ4n) is 5.80. The zero-order valence-electron chi connectivity index (χ0n) is 35.5. The van der Waals surface area contributed by atoms with Crippen molar-refractivity contribution in [2.45, 2.75) is 181 Å². The predicted molar refractivity (Wildman–Crippen MR) is 224 cm³/mol. The van der Waals surface area contributed by atoms with Crippen LogP contribution in [0.2, 0.25) is 72.5 Å². The highest BCUT2D eigenvalue weighted by Crippen LogP contribution is 2.41. The van der Waals surface area contributed by atoms with Crippen molar-refractivity contribution < 1.29 is 27.2 Å². The fraction of sp³-hybridized carbons (Fsp3) is 0.775. The lowest BCUT2D eigenvalue weighted by molar-refractivity contribution is -0.0852. The molecule has 0 saturated heterocycles. The van der Waals surface area contributed by atoms with E-state index in [2.05, 4.69) is 128 Å². The van der Waals surface area contributed by atoms with E-state index in [1.54, 1.807) is 0 Å². The Morgan fingerprint density at radius 1 is 0.680 bits per heavy atom. The van der Waals surface area contributed by atoms with Crippen molar-refractivity contribution in [3.05, 3.63) is 48.0 Å². The highest BCUT2D eigenvalue weighted by atomic mass is 28.4. The number of hydrogen-bond acceptors (Lipinski definition) is 6. The van der Waals surface area contributed by atoms with Crippen LogP contribution in [0.5, 0.6) is 0 Å². The van der Waals surface area contributed by atoms with Crippen molar-refractivity contribution in [2.24, 2.45) is 5.92 Å². The fourth-order valence-corrected chi connectivity index (χ4v) is 13.6. The van der Waals surface area contributed by atoms with Gasteiger partial charge in [0.15, 0.2) is 39.4 Å². The molecule has 1 aromatic rings. The standard InChI is InChI=1S/C40H78O6Si4/c1-18-49(19-2,20-3)43-32-35(45-50(21-4,22-5)23-6)37(44-38(41)34-29-25-24-26-30-34)36(46-48(16,17)40(11,12)13)33(7)28-27-31-42-47(14,15)39(8,9)10/h24-30,33,35-37H,18-23,31-32H2,1-17H3/b28-27-/t33-,35+,36+,37+/m0/s1. The number of rotatable bonds is 22. The van der Waals surface area contributed by atoms with Crippen LogP contribution in [0, 0.1) is 5.92 Å². The number of carbonyl (C=O) groups excluding carboxylic acids is 1. The number of carbonyl (C=O) groups is 1. The first-order valence-electron chi connectivity index (χ1n) is 19.6. The molecule has 290 valence electrons. The third-order valence-electron chi connectivity index (χ3n) is 12.3. The van der Waals surface area contributed by atoms with Crippen LogP contribution in [-0.4, -0.2) is 70.8 Å². The molecule has 0 bridgehead atoms. The smallest absolute Gasteiger partial charge is 0.338 e. The van der Waals surface area contributed by atoms with Gasteiger partial charge in [-0.25, -0.2) is 4.79 Å². The van der Waals surface area contributed by atoms with E-state index in [-0.39, 0.29) is 22.0 Å². The van der Waals surface area contributed by atoms with Crippen LogP contribution in [0.25, 0.3) is 0 Å². The summed E-state index contributed by atoms with van der Waals surface area (Å²) in [6, 6.07) is 15.4. The Bertz CT molecular complexity index is 1130. The van der Waals surface area contributed by atoms with E-state index in [0.29, 0.717) is 18.8 Å². The lowest BCUT2D eigenvalue weighted by Gasteiger charge is -2.46. The van der Waals surface area contributed by atoms with Gasteiger partial charge >= 0.3 is 5.97 Å². The predicted octanol–water partition coefficient (Wildman–Crippen LogP) is 12.2. The second kappa shape index (κ2) is 20.0. The first-order chi connectivity index (χ1) is 23.0. The normalized spacial score (nSPS) is 16.3. The SMILES string of the molecule is CC[Si](CC)(CC)OC[C@@H](O[Si](CC)(CC)CC)[C@@H](OC(=O)c1ccccc1)[C@H](O[Si](C)(C)C(C)(C)C)[C@@H](C)/C=C\CO[Si](C)(C)C(C)(C)C. The van der Waals surface area contributed by atoms with Crippen molar-refractivity contribution in [1.29, 1.82) is 0 Å². The van der Waals surface area contributed by atoms with Crippen LogP contribution in [0.15, 0.2) is 42.5 Å². The second-order valence-corrected chi connectivity index (χ2v) is 36.5. The van der Waals surface area contributed by atoms with E-state index < -0.39 is 51.6 Å². The molecule has 1 aromatic carbocycles. The van der Waals surface area contributed by atoms with Crippen LogP contribution in [-0.2, 0) is 22.4 Å². The topological polar surface area (TPSA) is 63.2 Å². The van der Waals surface area contributed by atoms with Crippen LogP contribution < -0.4 is 0 Å². The maximum atomic E-state index is 14.1. The lowest BCUT2D eigenvalue weighted by Crippen LogP contribution is -2.57. The quantitative estimate of drug-likeness (QED) is 0.0665. The first-order valence-corrected chi connectivity index (χ1v) is 30.5. The van der Waals surface area contributed by atoms with Gasteiger partial charge < -0.3 is 22.4 Å². The molecule has 0 fully saturated rings. The van der Waals surface area contributed by atoms with Crippen molar-refractivity contribution >= 4 is 39.2 Å². The maximum Gasteiger partial charge on any atom is 0.338 e. The van der Waals surface area contributed by atoms with Crippen LogP contribution in [0.3, 0.4) is 0 Å². The molecular formula is C40H78O6Si4. The highest BCUT2D eigenvalue weighted by Gasteiger charge is 2.48. The van der Waals surface area contributed by atoms with Gasteiger partial charge in [-0.1, -0.05) is 120 Å². The van der Waals surface area contributed by atoms with Gasteiger partial charge in [0.05, 0.1) is 24.9 Å². The highest BCUT2D eigenvalue weighted by molar-refractivity contribution is 6.75. The van der Waals surface area contributed by atoms with Gasteiger partial charge in [-0.2, -0.15) is 0 Å². The third kappa shape index (κ3) is 13.2. The molecule has 50 heavy (non-hydrogen) atoms. The van der Waals surface area contributed by atoms with Crippen molar-refractivity contribution in [1.82, 2.24) is 0 Å². The van der Waals surface area contributed by atoms with Gasteiger partial charge in [0, 0.05) is 5.92 Å². The molecule has 0 aliphatic heterocycles. The van der Waals surface area contributed by atoms with Gasteiger partial charge in [-0.3, -0.25) is 0 Å². The third-order valence-corrected chi connectivity index (χ3v) is 30.6. The van der Waals surface area contributed by atoms with Gasteiger partial charge in [-0.15, -0.1) is 0 Å². The summed E-state index contributed by atoms with van der Waals surface area (Å²) in [5, 5.41) is 0.0778. The summed E-state index contributed by atoms with van der Waals surface area (Å²) in [6.45, 7) is 39.4. The molecule has 0 aliphatic rings. The first kappa shape index (κ1) is 47.2. The summed E-state index contributed by atoms with van der Waals surface area (Å²) >= 11 is 0. The van der Waals surface area contributed by atoms with Gasteiger partial charge in [0.2, 0.25) is 0 Å². The molecule has 6 nitrogen and oxygen atoms in total. The molecule has 0 heterocycles. The molecule has 0 aliphatic carbocycles. The average Bonchev–Trinajstić information content (AvgIpc) is 3.06. The molecule has 0 N–H and O–H groups in total. The number of hydrogen-bond donors (Lipinski definition) is 0. The van der Waals surface area contributed by atoms with E-state index in [0.717, 1.165) is 36.3 Å². The number of ether oxygens (including phenoxy) is 1. The molecule has 0 radical (unpaired) electrons. The summed E-state index contributed by atoms with van der Waals surface area (Å²) in [7, 11) is -8.46. The lowest BCUT2D eigenvalue weighted by atomic mass is 9.95. The molecule has 0 aromatic heterocycles.